The number of amides is 3. The topological polar surface area (TPSA) is 190 Å². The van der Waals surface area contributed by atoms with Crippen molar-refractivity contribution >= 4 is 56.8 Å². The van der Waals surface area contributed by atoms with Gasteiger partial charge in [0, 0.05) is 56.5 Å². The zero-order valence-electron chi connectivity index (χ0n) is 35.0. The molecule has 3 amide bonds. The minimum absolute atomic E-state index is 0.0393. The Labute approximate surface area is 363 Å². The molecule has 2 aliphatic heterocycles. The van der Waals surface area contributed by atoms with Crippen LogP contribution in [0.25, 0.3) is 38.7 Å². The first-order chi connectivity index (χ1) is 31.1. The molecular formula is C44H46F2N12O6. The highest BCUT2D eigenvalue weighted by Crippen LogP contribution is 2.36. The van der Waals surface area contributed by atoms with Gasteiger partial charge in [0.05, 0.1) is 67.0 Å². The van der Waals surface area contributed by atoms with Crippen molar-refractivity contribution in [2.45, 2.75) is 63.6 Å². The Hall–Kier alpha value is -6.80. The van der Waals surface area contributed by atoms with Crippen LogP contribution < -0.4 is 21.2 Å². The maximum absolute atomic E-state index is 14.3. The van der Waals surface area contributed by atoms with E-state index in [1.165, 1.54) is 21.5 Å². The van der Waals surface area contributed by atoms with Crippen molar-refractivity contribution in [2.75, 3.05) is 49.7 Å². The monoisotopic (exact) mass is 876 g/mol. The highest BCUT2D eigenvalue weighted by atomic mass is 19.3. The van der Waals surface area contributed by atoms with E-state index in [1.807, 2.05) is 47.1 Å². The van der Waals surface area contributed by atoms with Gasteiger partial charge in [0.15, 0.2) is 11.3 Å². The minimum atomic E-state index is -2.89. The molecule has 0 spiro atoms. The number of para-hydroxylation sites is 1. The number of piperidine rings is 1. The van der Waals surface area contributed by atoms with E-state index >= 15 is 0 Å². The Morgan fingerprint density at radius 3 is 2.62 bits per heavy atom. The van der Waals surface area contributed by atoms with Crippen LogP contribution in [0.15, 0.2) is 72.0 Å². The standard InChI is InChI=1S/C44H46F2N12O6/c1-53-39-30(3-2-4-34(39)58(44(53)62)35-11-12-37(59)51-43(35)61)27-7-10-33-28(21-27)22-47-55(33)17-20-64-25-26-5-8-29(9-6-26)57-24-32(38(52-57)40(45)46)49-42(60)31-23-48-56-14-13-36(50-41(31)56)54-15-18-63-19-16-54/h2-4,7,10,13-14,21-24,26,29,35,40H,5-6,8-9,11-12,15-20,25H2,1H3,(H,49,60)(H,51,59,61). The molecular weight excluding hydrogens is 831 g/mol. The summed E-state index contributed by atoms with van der Waals surface area (Å²) < 4.78 is 48.1. The fourth-order valence-corrected chi connectivity index (χ4v) is 9.34. The number of nitrogens with zero attached hydrogens (tertiary/aromatic N) is 10. The molecule has 2 N–H and O–H groups in total. The van der Waals surface area contributed by atoms with Crippen LogP contribution in [0.1, 0.15) is 73.1 Å². The van der Waals surface area contributed by atoms with Gasteiger partial charge in [-0.15, -0.1) is 0 Å². The number of aryl methyl sites for hydroxylation is 1. The lowest BCUT2D eigenvalue weighted by Crippen LogP contribution is -2.44. The van der Waals surface area contributed by atoms with E-state index in [1.54, 1.807) is 28.7 Å². The Morgan fingerprint density at radius 2 is 1.83 bits per heavy atom. The van der Waals surface area contributed by atoms with Gasteiger partial charge in [0.2, 0.25) is 11.8 Å². The molecule has 5 aromatic heterocycles. The van der Waals surface area contributed by atoms with Crippen LogP contribution in [0.5, 0.6) is 0 Å². The highest BCUT2D eigenvalue weighted by molar-refractivity contribution is 6.08. The van der Waals surface area contributed by atoms with Gasteiger partial charge in [-0.2, -0.15) is 15.3 Å². The minimum Gasteiger partial charge on any atom is -0.379 e. The molecule has 7 aromatic rings. The third kappa shape index (κ3) is 7.69. The third-order valence-electron chi connectivity index (χ3n) is 12.7. The van der Waals surface area contributed by atoms with E-state index in [-0.39, 0.29) is 41.7 Å². The molecule has 2 saturated heterocycles. The number of rotatable bonds is 12. The number of fused-ring (bicyclic) bond motifs is 3. The molecule has 64 heavy (non-hydrogen) atoms. The van der Waals surface area contributed by atoms with Crippen molar-refractivity contribution in [1.82, 2.24) is 48.6 Å². The Morgan fingerprint density at radius 1 is 1.00 bits per heavy atom. The first-order valence-electron chi connectivity index (χ1n) is 21.5. The molecule has 10 rings (SSSR count). The number of alkyl halides is 2. The van der Waals surface area contributed by atoms with Crippen LogP contribution in [0, 0.1) is 5.92 Å². The molecule has 0 bridgehead atoms. The number of hydrogen-bond donors (Lipinski definition) is 2. The number of imidazole rings is 1. The molecule has 332 valence electrons. The van der Waals surface area contributed by atoms with E-state index in [0.29, 0.717) is 74.5 Å². The van der Waals surface area contributed by atoms with Crippen molar-refractivity contribution in [2.24, 2.45) is 13.0 Å². The molecule has 1 unspecified atom stereocenters. The summed E-state index contributed by atoms with van der Waals surface area (Å²) in [6.07, 6.45) is 7.06. The van der Waals surface area contributed by atoms with E-state index in [9.17, 15) is 28.0 Å². The van der Waals surface area contributed by atoms with E-state index in [2.05, 4.69) is 35.8 Å². The molecule has 3 fully saturated rings. The lowest BCUT2D eigenvalue weighted by molar-refractivity contribution is -0.135. The first kappa shape index (κ1) is 41.2. The van der Waals surface area contributed by atoms with Gasteiger partial charge in [-0.1, -0.05) is 18.2 Å². The lowest BCUT2D eigenvalue weighted by Gasteiger charge is -2.28. The Balaban J connectivity index is 0.742. The first-order valence-corrected chi connectivity index (χ1v) is 21.5. The molecule has 3 aliphatic rings. The summed E-state index contributed by atoms with van der Waals surface area (Å²) in [5.74, 6) is -0.431. The Kier molecular flexibility index (Phi) is 11.0. The number of hydrogen-bond acceptors (Lipinski definition) is 11. The number of carbonyl (C=O) groups is 3. The number of halogens is 2. The average Bonchev–Trinajstić information content (AvgIpc) is 4.09. The van der Waals surface area contributed by atoms with Crippen LogP contribution in [-0.2, 0) is 32.7 Å². The summed E-state index contributed by atoms with van der Waals surface area (Å²) >= 11 is 0. The summed E-state index contributed by atoms with van der Waals surface area (Å²) in [6, 6.07) is 12.6. The van der Waals surface area contributed by atoms with Crippen molar-refractivity contribution in [3.8, 4) is 11.1 Å². The van der Waals surface area contributed by atoms with Crippen LogP contribution in [0.2, 0.25) is 0 Å². The number of nitrogens with one attached hydrogen (secondary N) is 2. The zero-order chi connectivity index (χ0) is 44.1. The maximum atomic E-state index is 14.3. The van der Waals surface area contributed by atoms with E-state index < -0.39 is 30.0 Å². The number of ether oxygens (including phenoxy) is 2. The van der Waals surface area contributed by atoms with E-state index in [4.69, 9.17) is 9.47 Å². The predicted molar refractivity (Wildman–Crippen MR) is 230 cm³/mol. The van der Waals surface area contributed by atoms with Crippen LogP contribution in [0.3, 0.4) is 0 Å². The van der Waals surface area contributed by atoms with Gasteiger partial charge >= 0.3 is 5.69 Å². The van der Waals surface area contributed by atoms with Gasteiger partial charge in [-0.3, -0.25) is 38.2 Å². The van der Waals surface area contributed by atoms with Gasteiger partial charge < -0.3 is 19.7 Å². The van der Waals surface area contributed by atoms with Gasteiger partial charge in [0.25, 0.3) is 12.3 Å². The fraction of sp³-hybridized carbons (Fsp3) is 0.409. The second kappa shape index (κ2) is 17.1. The number of aromatic nitrogens is 9. The van der Waals surface area contributed by atoms with Gasteiger partial charge in [0.1, 0.15) is 17.4 Å². The fourth-order valence-electron chi connectivity index (χ4n) is 9.34. The van der Waals surface area contributed by atoms with E-state index in [0.717, 1.165) is 47.7 Å². The van der Waals surface area contributed by atoms with Crippen LogP contribution in [0.4, 0.5) is 20.3 Å². The summed E-state index contributed by atoms with van der Waals surface area (Å²) in [7, 11) is 1.69. The molecule has 20 heteroatoms. The number of imide groups is 1. The molecule has 18 nitrogen and oxygen atoms in total. The molecule has 7 heterocycles. The molecule has 0 radical (unpaired) electrons. The van der Waals surface area contributed by atoms with Crippen LogP contribution >= 0.6 is 0 Å². The SMILES string of the molecule is Cn1c(=O)n(C2CCC(=O)NC2=O)c2cccc(-c3ccc4c(cnn4CCOCC4CCC(n5cc(NC(=O)c6cnn7ccc(N8CCOCC8)nc67)c(C(F)F)n5)CC4)c3)c21. The highest BCUT2D eigenvalue weighted by Gasteiger charge is 2.32. The quantitative estimate of drug-likeness (QED) is 0.124. The summed E-state index contributed by atoms with van der Waals surface area (Å²) in [4.78, 5) is 58.2. The Bertz CT molecular complexity index is 2970. The normalized spacial score (nSPS) is 19.6. The number of anilines is 2. The van der Waals surface area contributed by atoms with Crippen molar-refractivity contribution in [3.05, 3.63) is 89.0 Å². The number of carbonyl (C=O) groups excluding carboxylic acids is 3. The van der Waals surface area contributed by atoms with Crippen LogP contribution in [-0.4, -0.2) is 101 Å². The van der Waals surface area contributed by atoms with Crippen molar-refractivity contribution in [1.29, 1.82) is 0 Å². The molecule has 1 atom stereocenters. The van der Waals surface area contributed by atoms with Crippen molar-refractivity contribution < 1.29 is 32.6 Å². The summed E-state index contributed by atoms with van der Waals surface area (Å²) in [6.45, 7) is 4.03. The number of morpholine rings is 1. The maximum Gasteiger partial charge on any atom is 0.329 e. The molecule has 1 saturated carbocycles. The molecule has 2 aromatic carbocycles. The zero-order valence-corrected chi connectivity index (χ0v) is 35.0. The summed E-state index contributed by atoms with van der Waals surface area (Å²) in [5, 5.41) is 19.0. The smallest absolute Gasteiger partial charge is 0.329 e. The molecule has 1 aliphatic carbocycles. The third-order valence-corrected chi connectivity index (χ3v) is 12.7. The number of benzene rings is 2. The van der Waals surface area contributed by atoms with Gasteiger partial charge in [-0.05, 0) is 67.9 Å². The largest absolute Gasteiger partial charge is 0.379 e. The second-order valence-corrected chi connectivity index (χ2v) is 16.6. The van der Waals surface area contributed by atoms with Crippen molar-refractivity contribution in [3.63, 3.8) is 0 Å². The average molecular weight is 877 g/mol. The predicted octanol–water partition coefficient (Wildman–Crippen LogP) is 5.05. The lowest BCUT2D eigenvalue weighted by atomic mass is 9.86. The summed E-state index contributed by atoms with van der Waals surface area (Å²) in [5.41, 5.74) is 3.62. The second-order valence-electron chi connectivity index (χ2n) is 16.6. The van der Waals surface area contributed by atoms with Gasteiger partial charge in [-0.25, -0.2) is 23.1 Å².